The van der Waals surface area contributed by atoms with Crippen LogP contribution in [0, 0.1) is 20.8 Å². The fourth-order valence-corrected chi connectivity index (χ4v) is 3.05. The molecule has 5 heteroatoms. The van der Waals surface area contributed by atoms with Crippen molar-refractivity contribution in [2.24, 2.45) is 0 Å². The van der Waals surface area contributed by atoms with Gasteiger partial charge in [-0.1, -0.05) is 24.3 Å². The van der Waals surface area contributed by atoms with Gasteiger partial charge < -0.3 is 10.1 Å². The van der Waals surface area contributed by atoms with Crippen molar-refractivity contribution in [2.75, 3.05) is 11.9 Å². The van der Waals surface area contributed by atoms with Crippen molar-refractivity contribution < 1.29 is 9.53 Å². The first-order valence-electron chi connectivity index (χ1n) is 8.04. The Morgan fingerprint density at radius 3 is 2.56 bits per heavy atom. The topological polar surface area (TPSA) is 51.2 Å². The number of anilines is 1. The third kappa shape index (κ3) is 4.45. The van der Waals surface area contributed by atoms with Gasteiger partial charge in [0, 0.05) is 16.6 Å². The zero-order valence-corrected chi connectivity index (χ0v) is 15.3. The lowest BCUT2D eigenvalue weighted by Gasteiger charge is -2.10. The van der Waals surface area contributed by atoms with Gasteiger partial charge in [0.25, 0.3) is 5.91 Å². The Balaban J connectivity index is 1.58. The lowest BCUT2D eigenvalue weighted by Crippen LogP contribution is -2.20. The average Bonchev–Trinajstić information content (AvgIpc) is 3.03. The number of aryl methyl sites for hydroxylation is 3. The summed E-state index contributed by atoms with van der Waals surface area (Å²) in [6.07, 6.45) is 0. The molecule has 1 N–H and O–H groups in total. The Morgan fingerprint density at radius 2 is 1.88 bits per heavy atom. The summed E-state index contributed by atoms with van der Waals surface area (Å²) in [5.74, 6) is 0.558. The van der Waals surface area contributed by atoms with Gasteiger partial charge in [-0.05, 0) is 50.1 Å². The standard InChI is InChI=1S/C20H20N2O2S/c1-13-4-5-14(2)19(10-13)24-11-20(23)22-17-8-6-16(7-9-17)18-12-25-15(3)21-18/h4-10,12H,11H2,1-3H3,(H,22,23). The summed E-state index contributed by atoms with van der Waals surface area (Å²) in [5.41, 5.74) is 4.85. The molecule has 0 aliphatic heterocycles. The molecule has 0 unspecified atom stereocenters. The number of rotatable bonds is 5. The molecule has 1 heterocycles. The number of benzene rings is 2. The molecule has 0 spiro atoms. The van der Waals surface area contributed by atoms with Gasteiger partial charge in [0.05, 0.1) is 10.7 Å². The first-order valence-corrected chi connectivity index (χ1v) is 8.92. The molecule has 3 rings (SSSR count). The second-order valence-electron chi connectivity index (χ2n) is 5.93. The maximum absolute atomic E-state index is 12.1. The van der Waals surface area contributed by atoms with Crippen LogP contribution in [0.15, 0.2) is 47.8 Å². The molecule has 3 aromatic rings. The van der Waals surface area contributed by atoms with E-state index in [1.165, 1.54) is 0 Å². The van der Waals surface area contributed by atoms with E-state index in [2.05, 4.69) is 10.3 Å². The highest BCUT2D eigenvalue weighted by Crippen LogP contribution is 2.23. The van der Waals surface area contributed by atoms with Crippen LogP contribution in [-0.2, 0) is 4.79 Å². The molecule has 0 aliphatic rings. The molecule has 128 valence electrons. The van der Waals surface area contributed by atoms with Crippen molar-refractivity contribution in [2.45, 2.75) is 20.8 Å². The molecule has 4 nitrogen and oxygen atoms in total. The molecule has 1 aromatic heterocycles. The van der Waals surface area contributed by atoms with Gasteiger partial charge in [0.1, 0.15) is 5.75 Å². The lowest BCUT2D eigenvalue weighted by atomic mass is 10.1. The van der Waals surface area contributed by atoms with Crippen molar-refractivity contribution in [1.29, 1.82) is 0 Å². The fraction of sp³-hybridized carbons (Fsp3) is 0.200. The number of hydrogen-bond acceptors (Lipinski definition) is 4. The van der Waals surface area contributed by atoms with Crippen LogP contribution in [0.3, 0.4) is 0 Å². The summed E-state index contributed by atoms with van der Waals surface area (Å²) < 4.78 is 5.63. The van der Waals surface area contributed by atoms with E-state index in [0.717, 1.165) is 38.8 Å². The third-order valence-electron chi connectivity index (χ3n) is 3.79. The summed E-state index contributed by atoms with van der Waals surface area (Å²) in [6, 6.07) is 13.6. The molecular formula is C20H20N2O2S. The van der Waals surface area contributed by atoms with Crippen molar-refractivity contribution in [3.05, 3.63) is 64.0 Å². The van der Waals surface area contributed by atoms with Gasteiger partial charge >= 0.3 is 0 Å². The summed E-state index contributed by atoms with van der Waals surface area (Å²) in [6.45, 7) is 5.93. The number of thiazole rings is 1. The highest BCUT2D eigenvalue weighted by Gasteiger charge is 2.07. The van der Waals surface area contributed by atoms with Crippen LogP contribution in [0.2, 0.25) is 0 Å². The second-order valence-corrected chi connectivity index (χ2v) is 7.00. The van der Waals surface area contributed by atoms with Crippen LogP contribution in [0.5, 0.6) is 5.75 Å². The summed E-state index contributed by atoms with van der Waals surface area (Å²) in [7, 11) is 0. The summed E-state index contributed by atoms with van der Waals surface area (Å²) in [5, 5.41) is 5.92. The number of nitrogens with zero attached hydrogens (tertiary/aromatic N) is 1. The van der Waals surface area contributed by atoms with E-state index in [-0.39, 0.29) is 12.5 Å². The Kier molecular flexibility index (Phi) is 5.14. The smallest absolute Gasteiger partial charge is 0.262 e. The number of aromatic nitrogens is 1. The number of ether oxygens (including phenoxy) is 1. The minimum atomic E-state index is -0.182. The predicted molar refractivity (Wildman–Crippen MR) is 102 cm³/mol. The molecule has 0 saturated carbocycles. The van der Waals surface area contributed by atoms with Gasteiger partial charge in [-0.2, -0.15) is 0 Å². The van der Waals surface area contributed by atoms with Gasteiger partial charge in [-0.3, -0.25) is 4.79 Å². The van der Waals surface area contributed by atoms with E-state index in [4.69, 9.17) is 4.74 Å². The Labute approximate surface area is 151 Å². The average molecular weight is 352 g/mol. The minimum Gasteiger partial charge on any atom is -0.483 e. The molecule has 0 bridgehead atoms. The number of amides is 1. The van der Waals surface area contributed by atoms with Crippen LogP contribution in [-0.4, -0.2) is 17.5 Å². The van der Waals surface area contributed by atoms with Gasteiger partial charge in [-0.15, -0.1) is 11.3 Å². The SMILES string of the molecule is Cc1ccc(C)c(OCC(=O)Nc2ccc(-c3csc(C)n3)cc2)c1. The maximum Gasteiger partial charge on any atom is 0.262 e. The zero-order chi connectivity index (χ0) is 17.8. The summed E-state index contributed by atoms with van der Waals surface area (Å²) >= 11 is 1.62. The number of carbonyl (C=O) groups is 1. The molecule has 0 fully saturated rings. The van der Waals surface area contributed by atoms with E-state index >= 15 is 0 Å². The van der Waals surface area contributed by atoms with Crippen LogP contribution < -0.4 is 10.1 Å². The molecule has 25 heavy (non-hydrogen) atoms. The molecule has 0 radical (unpaired) electrons. The molecule has 0 aliphatic carbocycles. The Bertz CT molecular complexity index is 885. The quantitative estimate of drug-likeness (QED) is 0.721. The van der Waals surface area contributed by atoms with E-state index in [9.17, 15) is 4.79 Å². The van der Waals surface area contributed by atoms with Crippen LogP contribution in [0.25, 0.3) is 11.3 Å². The van der Waals surface area contributed by atoms with Crippen LogP contribution >= 0.6 is 11.3 Å². The second kappa shape index (κ2) is 7.49. The highest BCUT2D eigenvalue weighted by molar-refractivity contribution is 7.09. The highest BCUT2D eigenvalue weighted by atomic mass is 32.1. The van der Waals surface area contributed by atoms with Gasteiger partial charge in [-0.25, -0.2) is 4.98 Å². The predicted octanol–water partition coefficient (Wildman–Crippen LogP) is 4.75. The number of hydrogen-bond donors (Lipinski definition) is 1. The normalized spacial score (nSPS) is 10.5. The number of nitrogens with one attached hydrogen (secondary N) is 1. The van der Waals surface area contributed by atoms with E-state index < -0.39 is 0 Å². The fourth-order valence-electron chi connectivity index (χ4n) is 2.42. The molecule has 2 aromatic carbocycles. The maximum atomic E-state index is 12.1. The van der Waals surface area contributed by atoms with Gasteiger partial charge in [0.15, 0.2) is 6.61 Å². The van der Waals surface area contributed by atoms with E-state index in [0.29, 0.717) is 0 Å². The third-order valence-corrected chi connectivity index (χ3v) is 4.56. The first kappa shape index (κ1) is 17.2. The molecule has 0 saturated heterocycles. The van der Waals surface area contributed by atoms with E-state index in [1.54, 1.807) is 11.3 Å². The van der Waals surface area contributed by atoms with Crippen molar-refractivity contribution in [3.8, 4) is 17.0 Å². The molecular weight excluding hydrogens is 332 g/mol. The van der Waals surface area contributed by atoms with Crippen molar-refractivity contribution >= 4 is 22.9 Å². The van der Waals surface area contributed by atoms with Crippen LogP contribution in [0.1, 0.15) is 16.1 Å². The van der Waals surface area contributed by atoms with Gasteiger partial charge in [0.2, 0.25) is 0 Å². The molecule has 1 amide bonds. The molecule has 0 atom stereocenters. The first-order chi connectivity index (χ1) is 12.0. The minimum absolute atomic E-state index is 0.0165. The number of carbonyl (C=O) groups excluding carboxylic acids is 1. The lowest BCUT2D eigenvalue weighted by molar-refractivity contribution is -0.118. The Morgan fingerprint density at radius 1 is 1.12 bits per heavy atom. The van der Waals surface area contributed by atoms with Crippen molar-refractivity contribution in [1.82, 2.24) is 4.98 Å². The van der Waals surface area contributed by atoms with E-state index in [1.807, 2.05) is 68.6 Å². The monoisotopic (exact) mass is 352 g/mol. The largest absolute Gasteiger partial charge is 0.483 e. The summed E-state index contributed by atoms with van der Waals surface area (Å²) in [4.78, 5) is 16.6. The zero-order valence-electron chi connectivity index (χ0n) is 14.5. The van der Waals surface area contributed by atoms with Crippen molar-refractivity contribution in [3.63, 3.8) is 0 Å². The Hall–Kier alpha value is -2.66. The van der Waals surface area contributed by atoms with Crippen LogP contribution in [0.4, 0.5) is 5.69 Å².